The van der Waals surface area contributed by atoms with Crippen molar-refractivity contribution in [1.82, 2.24) is 14.5 Å². The van der Waals surface area contributed by atoms with Crippen LogP contribution in [0.2, 0.25) is 0 Å². The number of carbonyl (C=O) groups is 1. The molecule has 28 heavy (non-hydrogen) atoms. The first kappa shape index (κ1) is 18.5. The summed E-state index contributed by atoms with van der Waals surface area (Å²) in [7, 11) is 0. The standard InChI is InChI=1S/C24H27N3O/c28-24(23-8-4-7-22(17-23)18-26-16-13-25-19-26)27-14-11-21(12-15-27)10-9-20-5-2-1-3-6-20/h1-8,13,16-17,19,21H,9-12,14-15,18H2. The van der Waals surface area contributed by atoms with Crippen LogP contribution in [-0.2, 0) is 13.0 Å². The lowest BCUT2D eigenvalue weighted by Crippen LogP contribution is -2.38. The molecular formula is C24H27N3O. The Balaban J connectivity index is 1.30. The molecule has 3 aromatic rings. The molecule has 2 aromatic carbocycles. The van der Waals surface area contributed by atoms with Gasteiger partial charge in [0, 0.05) is 37.6 Å². The Morgan fingerprint density at radius 3 is 2.54 bits per heavy atom. The molecule has 1 aliphatic rings. The Morgan fingerprint density at radius 2 is 1.79 bits per heavy atom. The van der Waals surface area contributed by atoms with Crippen molar-refractivity contribution in [3.63, 3.8) is 0 Å². The third-order valence-electron chi connectivity index (χ3n) is 5.68. The Hall–Kier alpha value is -2.88. The quantitative estimate of drug-likeness (QED) is 0.642. The minimum atomic E-state index is 0.161. The maximum absolute atomic E-state index is 12.9. The largest absolute Gasteiger partial charge is 0.339 e. The number of nitrogens with zero attached hydrogens (tertiary/aromatic N) is 3. The lowest BCUT2D eigenvalue weighted by Gasteiger charge is -2.32. The molecule has 1 aliphatic heterocycles. The highest BCUT2D eigenvalue weighted by Crippen LogP contribution is 2.24. The van der Waals surface area contributed by atoms with Crippen molar-refractivity contribution in [2.75, 3.05) is 13.1 Å². The molecular weight excluding hydrogens is 346 g/mol. The molecule has 0 saturated carbocycles. The van der Waals surface area contributed by atoms with Gasteiger partial charge in [0.1, 0.15) is 0 Å². The van der Waals surface area contributed by atoms with Crippen LogP contribution in [0.1, 0.15) is 40.7 Å². The normalized spacial score (nSPS) is 14.9. The van der Waals surface area contributed by atoms with Gasteiger partial charge in [-0.1, -0.05) is 42.5 Å². The van der Waals surface area contributed by atoms with Crippen LogP contribution in [-0.4, -0.2) is 33.4 Å². The number of hydrogen-bond acceptors (Lipinski definition) is 2. The van der Waals surface area contributed by atoms with Gasteiger partial charge in [-0.3, -0.25) is 4.79 Å². The predicted octanol–water partition coefficient (Wildman–Crippen LogP) is 4.42. The topological polar surface area (TPSA) is 38.1 Å². The molecule has 1 saturated heterocycles. The number of carbonyl (C=O) groups excluding carboxylic acids is 1. The van der Waals surface area contributed by atoms with Crippen molar-refractivity contribution >= 4 is 5.91 Å². The number of imidazole rings is 1. The van der Waals surface area contributed by atoms with E-state index in [0.717, 1.165) is 55.9 Å². The fourth-order valence-electron chi connectivity index (χ4n) is 4.02. The summed E-state index contributed by atoms with van der Waals surface area (Å²) >= 11 is 0. The summed E-state index contributed by atoms with van der Waals surface area (Å²) in [5, 5.41) is 0. The van der Waals surface area contributed by atoms with Crippen molar-refractivity contribution in [1.29, 1.82) is 0 Å². The van der Waals surface area contributed by atoms with Gasteiger partial charge < -0.3 is 9.47 Å². The van der Waals surface area contributed by atoms with Gasteiger partial charge in [0.15, 0.2) is 0 Å². The maximum atomic E-state index is 12.9. The fraction of sp³-hybridized carbons (Fsp3) is 0.333. The molecule has 0 atom stereocenters. The van der Waals surface area contributed by atoms with Crippen LogP contribution in [0, 0.1) is 5.92 Å². The van der Waals surface area contributed by atoms with Gasteiger partial charge in [-0.2, -0.15) is 0 Å². The monoisotopic (exact) mass is 373 g/mol. The highest BCUT2D eigenvalue weighted by molar-refractivity contribution is 5.94. The number of likely N-dealkylation sites (tertiary alicyclic amines) is 1. The minimum Gasteiger partial charge on any atom is -0.339 e. The van der Waals surface area contributed by atoms with Crippen LogP contribution in [0.3, 0.4) is 0 Å². The van der Waals surface area contributed by atoms with E-state index >= 15 is 0 Å². The van der Waals surface area contributed by atoms with Gasteiger partial charge in [-0.25, -0.2) is 4.98 Å². The van der Waals surface area contributed by atoms with E-state index in [2.05, 4.69) is 41.4 Å². The van der Waals surface area contributed by atoms with Crippen LogP contribution in [0.15, 0.2) is 73.3 Å². The lowest BCUT2D eigenvalue weighted by molar-refractivity contribution is 0.0687. The molecule has 4 nitrogen and oxygen atoms in total. The first-order valence-electron chi connectivity index (χ1n) is 10.2. The summed E-state index contributed by atoms with van der Waals surface area (Å²) < 4.78 is 2.02. The zero-order valence-electron chi connectivity index (χ0n) is 16.2. The van der Waals surface area contributed by atoms with Crippen LogP contribution in [0.25, 0.3) is 0 Å². The second-order valence-electron chi connectivity index (χ2n) is 7.70. The van der Waals surface area contributed by atoms with Gasteiger partial charge in [0.05, 0.1) is 6.33 Å². The number of aromatic nitrogens is 2. The average molecular weight is 374 g/mol. The molecule has 1 fully saturated rings. The highest BCUT2D eigenvalue weighted by Gasteiger charge is 2.23. The van der Waals surface area contributed by atoms with Crippen LogP contribution < -0.4 is 0 Å². The van der Waals surface area contributed by atoms with Gasteiger partial charge in [-0.05, 0) is 54.9 Å². The molecule has 1 amide bonds. The highest BCUT2D eigenvalue weighted by atomic mass is 16.2. The van der Waals surface area contributed by atoms with Crippen LogP contribution in [0.4, 0.5) is 0 Å². The number of amides is 1. The van der Waals surface area contributed by atoms with Crippen molar-refractivity contribution in [3.8, 4) is 0 Å². The predicted molar refractivity (Wildman–Crippen MR) is 111 cm³/mol. The van der Waals surface area contributed by atoms with Crippen molar-refractivity contribution in [2.45, 2.75) is 32.2 Å². The number of aryl methyl sites for hydroxylation is 1. The van der Waals surface area contributed by atoms with E-state index in [1.54, 1.807) is 12.5 Å². The first-order chi connectivity index (χ1) is 13.8. The van der Waals surface area contributed by atoms with Crippen molar-refractivity contribution in [3.05, 3.63) is 90.0 Å². The third kappa shape index (κ3) is 4.69. The molecule has 1 aromatic heterocycles. The van der Waals surface area contributed by atoms with Crippen molar-refractivity contribution < 1.29 is 4.79 Å². The van der Waals surface area contributed by atoms with E-state index in [9.17, 15) is 4.79 Å². The second kappa shape index (κ2) is 8.87. The fourth-order valence-corrected chi connectivity index (χ4v) is 4.02. The molecule has 0 radical (unpaired) electrons. The van der Waals surface area contributed by atoms with E-state index in [1.807, 2.05) is 33.9 Å². The third-order valence-corrected chi connectivity index (χ3v) is 5.68. The Morgan fingerprint density at radius 1 is 1.00 bits per heavy atom. The number of hydrogen-bond donors (Lipinski definition) is 0. The molecule has 0 spiro atoms. The summed E-state index contributed by atoms with van der Waals surface area (Å²) in [6.07, 6.45) is 10.1. The summed E-state index contributed by atoms with van der Waals surface area (Å²) in [5.74, 6) is 0.880. The Bertz CT molecular complexity index is 881. The van der Waals surface area contributed by atoms with Gasteiger partial charge in [0.25, 0.3) is 5.91 Å². The van der Waals surface area contributed by atoms with E-state index in [1.165, 1.54) is 12.0 Å². The molecule has 2 heterocycles. The Kier molecular flexibility index (Phi) is 5.86. The molecule has 0 N–H and O–H groups in total. The van der Waals surface area contributed by atoms with Crippen LogP contribution in [0.5, 0.6) is 0 Å². The van der Waals surface area contributed by atoms with E-state index in [4.69, 9.17) is 0 Å². The average Bonchev–Trinajstić information content (AvgIpc) is 3.26. The summed E-state index contributed by atoms with van der Waals surface area (Å²) in [4.78, 5) is 19.0. The second-order valence-corrected chi connectivity index (χ2v) is 7.70. The number of piperidine rings is 1. The molecule has 0 unspecified atom stereocenters. The summed E-state index contributed by atoms with van der Waals surface area (Å²) in [5.41, 5.74) is 3.33. The Labute approximate surface area is 166 Å². The van der Waals surface area contributed by atoms with Gasteiger partial charge >= 0.3 is 0 Å². The minimum absolute atomic E-state index is 0.161. The van der Waals surface area contributed by atoms with E-state index < -0.39 is 0 Å². The maximum Gasteiger partial charge on any atom is 0.253 e. The molecule has 144 valence electrons. The van der Waals surface area contributed by atoms with Gasteiger partial charge in [0.2, 0.25) is 0 Å². The first-order valence-corrected chi connectivity index (χ1v) is 10.2. The molecule has 0 aliphatic carbocycles. The molecule has 4 heteroatoms. The molecule has 0 bridgehead atoms. The summed E-state index contributed by atoms with van der Waals surface area (Å²) in [6, 6.07) is 18.7. The van der Waals surface area contributed by atoms with Crippen LogP contribution >= 0.6 is 0 Å². The zero-order valence-corrected chi connectivity index (χ0v) is 16.2. The lowest BCUT2D eigenvalue weighted by atomic mass is 9.90. The summed E-state index contributed by atoms with van der Waals surface area (Å²) in [6.45, 7) is 2.47. The van der Waals surface area contributed by atoms with E-state index in [-0.39, 0.29) is 5.91 Å². The number of benzene rings is 2. The number of rotatable bonds is 6. The SMILES string of the molecule is O=C(c1cccc(Cn2ccnc2)c1)N1CCC(CCc2ccccc2)CC1. The van der Waals surface area contributed by atoms with Gasteiger partial charge in [-0.15, -0.1) is 0 Å². The smallest absolute Gasteiger partial charge is 0.253 e. The molecule has 4 rings (SSSR count). The van der Waals surface area contributed by atoms with E-state index in [0.29, 0.717) is 0 Å². The zero-order chi connectivity index (χ0) is 19.2. The van der Waals surface area contributed by atoms with Crippen molar-refractivity contribution in [2.24, 2.45) is 5.92 Å².